The second-order valence-corrected chi connectivity index (χ2v) is 6.36. The summed E-state index contributed by atoms with van der Waals surface area (Å²) in [4.78, 5) is 17.0. The first-order valence-corrected chi connectivity index (χ1v) is 8.24. The average Bonchev–Trinajstić information content (AvgIpc) is 3.17. The molecule has 0 atom stereocenters. The first kappa shape index (κ1) is 16.5. The van der Waals surface area contributed by atoms with Gasteiger partial charge in [-0.25, -0.2) is 14.3 Å². The fourth-order valence-corrected chi connectivity index (χ4v) is 3.29. The molecule has 9 heteroatoms. The molecule has 8 nitrogen and oxygen atoms in total. The van der Waals surface area contributed by atoms with E-state index >= 15 is 0 Å². The van der Waals surface area contributed by atoms with Gasteiger partial charge in [-0.3, -0.25) is 4.79 Å². The van der Waals surface area contributed by atoms with E-state index in [1.54, 1.807) is 18.8 Å². The molecule has 0 bridgehead atoms. The maximum absolute atomic E-state index is 12.4. The van der Waals surface area contributed by atoms with Crippen LogP contribution in [0.2, 0.25) is 0 Å². The van der Waals surface area contributed by atoms with Crippen molar-refractivity contribution in [1.29, 1.82) is 0 Å². The quantitative estimate of drug-likeness (QED) is 0.692. The molecule has 0 fully saturated rings. The van der Waals surface area contributed by atoms with E-state index in [-0.39, 0.29) is 5.56 Å². The zero-order valence-electron chi connectivity index (χ0n) is 14.0. The Bertz CT molecular complexity index is 926. The molecule has 0 saturated heterocycles. The monoisotopic (exact) mass is 346 g/mol. The molecule has 3 heterocycles. The van der Waals surface area contributed by atoms with Gasteiger partial charge in [-0.1, -0.05) is 5.21 Å². The van der Waals surface area contributed by atoms with Gasteiger partial charge in [-0.05, 0) is 19.4 Å². The summed E-state index contributed by atoms with van der Waals surface area (Å²) in [7, 11) is 3.27. The summed E-state index contributed by atoms with van der Waals surface area (Å²) in [5.74, 6) is 0. The van der Waals surface area contributed by atoms with E-state index in [0.29, 0.717) is 23.7 Å². The summed E-state index contributed by atoms with van der Waals surface area (Å²) in [5.41, 5.74) is 3.76. The molecule has 24 heavy (non-hydrogen) atoms. The molecule has 0 radical (unpaired) electrons. The average molecular weight is 346 g/mol. The number of rotatable bonds is 5. The van der Waals surface area contributed by atoms with Crippen LogP contribution in [0.3, 0.4) is 0 Å². The summed E-state index contributed by atoms with van der Waals surface area (Å²) < 4.78 is 8.09. The number of nitrogens with zero attached hydrogens (tertiary/aromatic N) is 6. The lowest BCUT2D eigenvalue weighted by Gasteiger charge is -2.07. The number of hydrogen-bond acceptors (Lipinski definition) is 7. The van der Waals surface area contributed by atoms with E-state index in [9.17, 15) is 4.79 Å². The Balaban J connectivity index is 1.90. The Labute approximate surface area is 142 Å². The highest BCUT2D eigenvalue weighted by atomic mass is 32.1. The van der Waals surface area contributed by atoms with Crippen LogP contribution in [0.25, 0.3) is 10.6 Å². The van der Waals surface area contributed by atoms with E-state index in [2.05, 4.69) is 20.4 Å². The van der Waals surface area contributed by atoms with Crippen LogP contribution in [-0.4, -0.2) is 36.9 Å². The van der Waals surface area contributed by atoms with Crippen LogP contribution in [0, 0.1) is 13.8 Å². The Morgan fingerprint density at radius 3 is 2.83 bits per heavy atom. The minimum atomic E-state index is -0.137. The van der Waals surface area contributed by atoms with Gasteiger partial charge in [0.2, 0.25) is 0 Å². The molecule has 0 aromatic carbocycles. The normalized spacial score (nSPS) is 11.2. The van der Waals surface area contributed by atoms with Gasteiger partial charge in [0.1, 0.15) is 10.7 Å². The fourth-order valence-electron chi connectivity index (χ4n) is 2.39. The van der Waals surface area contributed by atoms with Crippen LogP contribution in [-0.2, 0) is 24.9 Å². The van der Waals surface area contributed by atoms with E-state index < -0.39 is 0 Å². The number of aromatic nitrogens is 6. The molecule has 0 aliphatic heterocycles. The third-order valence-corrected chi connectivity index (χ3v) is 4.60. The van der Waals surface area contributed by atoms with E-state index in [1.165, 1.54) is 16.0 Å². The second kappa shape index (κ2) is 6.62. The highest BCUT2D eigenvalue weighted by molar-refractivity contribution is 7.13. The molecular weight excluding hydrogens is 328 g/mol. The standard InChI is InChI=1S/C15H18N6O2S/c1-9-10(2)18-20(3)15(22)13(9)14-16-12(8-24-14)6-21-5-11(7-23-4)17-19-21/h5,8H,6-7H2,1-4H3. The maximum Gasteiger partial charge on any atom is 0.277 e. The van der Waals surface area contributed by atoms with Crippen molar-refractivity contribution in [3.63, 3.8) is 0 Å². The summed E-state index contributed by atoms with van der Waals surface area (Å²) in [6.07, 6.45) is 1.82. The lowest BCUT2D eigenvalue weighted by molar-refractivity contribution is 0.181. The molecule has 0 aliphatic rings. The van der Waals surface area contributed by atoms with Crippen molar-refractivity contribution in [2.24, 2.45) is 7.05 Å². The Kier molecular flexibility index (Phi) is 4.54. The Morgan fingerprint density at radius 2 is 2.08 bits per heavy atom. The molecule has 3 aromatic rings. The zero-order valence-corrected chi connectivity index (χ0v) is 14.8. The van der Waals surface area contributed by atoms with Crippen molar-refractivity contribution in [2.75, 3.05) is 7.11 Å². The second-order valence-electron chi connectivity index (χ2n) is 5.50. The number of ether oxygens (including phenoxy) is 1. The van der Waals surface area contributed by atoms with Crippen LogP contribution in [0.4, 0.5) is 0 Å². The minimum Gasteiger partial charge on any atom is -0.378 e. The van der Waals surface area contributed by atoms with Gasteiger partial charge in [-0.15, -0.1) is 16.4 Å². The Morgan fingerprint density at radius 1 is 1.29 bits per heavy atom. The van der Waals surface area contributed by atoms with Gasteiger partial charge in [0.05, 0.1) is 36.3 Å². The number of hydrogen-bond donors (Lipinski definition) is 0. The molecule has 0 spiro atoms. The molecule has 0 N–H and O–H groups in total. The number of aryl methyl sites for hydroxylation is 2. The van der Waals surface area contributed by atoms with Gasteiger partial charge in [0.15, 0.2) is 0 Å². The molecule has 0 aliphatic carbocycles. The van der Waals surface area contributed by atoms with E-state index in [1.807, 2.05) is 25.4 Å². The van der Waals surface area contributed by atoms with Crippen molar-refractivity contribution in [3.8, 4) is 10.6 Å². The maximum atomic E-state index is 12.4. The first-order chi connectivity index (χ1) is 11.5. The summed E-state index contributed by atoms with van der Waals surface area (Å²) >= 11 is 1.45. The van der Waals surface area contributed by atoms with Crippen molar-refractivity contribution in [3.05, 3.63) is 44.6 Å². The van der Waals surface area contributed by atoms with Crippen molar-refractivity contribution >= 4 is 11.3 Å². The number of thiazole rings is 1. The fraction of sp³-hybridized carbons (Fsp3) is 0.400. The third-order valence-electron chi connectivity index (χ3n) is 3.69. The van der Waals surface area contributed by atoms with Crippen LogP contribution < -0.4 is 5.56 Å². The molecular formula is C15H18N6O2S. The van der Waals surface area contributed by atoms with Crippen molar-refractivity contribution in [1.82, 2.24) is 29.8 Å². The van der Waals surface area contributed by atoms with Crippen LogP contribution in [0.15, 0.2) is 16.4 Å². The molecule has 126 valence electrons. The Hall–Kier alpha value is -2.39. The lowest BCUT2D eigenvalue weighted by atomic mass is 10.1. The smallest absolute Gasteiger partial charge is 0.277 e. The number of methoxy groups -OCH3 is 1. The van der Waals surface area contributed by atoms with Crippen molar-refractivity contribution in [2.45, 2.75) is 27.0 Å². The largest absolute Gasteiger partial charge is 0.378 e. The molecule has 3 rings (SSSR count). The van der Waals surface area contributed by atoms with Gasteiger partial charge in [0, 0.05) is 19.5 Å². The highest BCUT2D eigenvalue weighted by Gasteiger charge is 2.16. The molecule has 0 amide bonds. The van der Waals surface area contributed by atoms with Gasteiger partial charge in [-0.2, -0.15) is 5.10 Å². The van der Waals surface area contributed by atoms with Gasteiger partial charge >= 0.3 is 0 Å². The predicted octanol–water partition coefficient (Wildman–Crippen LogP) is 1.31. The summed E-state index contributed by atoms with van der Waals surface area (Å²) in [5, 5.41) is 14.9. The molecule has 0 saturated carbocycles. The third kappa shape index (κ3) is 3.13. The predicted molar refractivity (Wildman–Crippen MR) is 89.9 cm³/mol. The van der Waals surface area contributed by atoms with Crippen LogP contribution in [0.5, 0.6) is 0 Å². The zero-order chi connectivity index (χ0) is 17.3. The summed E-state index contributed by atoms with van der Waals surface area (Å²) in [6.45, 7) is 4.71. The molecule has 3 aromatic heterocycles. The van der Waals surface area contributed by atoms with E-state index in [0.717, 1.165) is 22.6 Å². The minimum absolute atomic E-state index is 0.137. The SMILES string of the molecule is COCc1cn(Cc2csc(-c3c(C)c(C)nn(C)c3=O)n2)nn1. The van der Waals surface area contributed by atoms with Crippen LogP contribution >= 0.6 is 11.3 Å². The van der Waals surface area contributed by atoms with Crippen LogP contribution in [0.1, 0.15) is 22.6 Å². The van der Waals surface area contributed by atoms with Crippen molar-refractivity contribution < 1.29 is 4.74 Å². The highest BCUT2D eigenvalue weighted by Crippen LogP contribution is 2.25. The van der Waals surface area contributed by atoms with Gasteiger partial charge < -0.3 is 4.74 Å². The summed E-state index contributed by atoms with van der Waals surface area (Å²) in [6, 6.07) is 0. The lowest BCUT2D eigenvalue weighted by Crippen LogP contribution is -2.23. The molecule has 0 unspecified atom stereocenters. The first-order valence-electron chi connectivity index (χ1n) is 7.37. The van der Waals surface area contributed by atoms with E-state index in [4.69, 9.17) is 4.74 Å². The van der Waals surface area contributed by atoms with Gasteiger partial charge in [0.25, 0.3) is 5.56 Å². The topological polar surface area (TPSA) is 87.7 Å².